The summed E-state index contributed by atoms with van der Waals surface area (Å²) >= 11 is 0. The molecule has 0 fully saturated rings. The van der Waals surface area contributed by atoms with Gasteiger partial charge in [0.15, 0.2) is 17.6 Å². The maximum absolute atomic E-state index is 12.2. The van der Waals surface area contributed by atoms with Crippen molar-refractivity contribution in [1.82, 2.24) is 5.32 Å². The highest BCUT2D eigenvalue weighted by Gasteiger charge is 2.21. The first-order valence-corrected chi connectivity index (χ1v) is 8.70. The van der Waals surface area contributed by atoms with E-state index in [0.29, 0.717) is 23.6 Å². The number of benzene rings is 1. The number of carbonyl (C=O) groups is 2. The van der Waals surface area contributed by atoms with Gasteiger partial charge in [0.2, 0.25) is 6.79 Å². The van der Waals surface area contributed by atoms with Crippen molar-refractivity contribution in [1.29, 1.82) is 0 Å². The van der Waals surface area contributed by atoms with Crippen molar-refractivity contribution in [2.75, 3.05) is 13.3 Å². The third kappa shape index (κ3) is 4.53. The van der Waals surface area contributed by atoms with Gasteiger partial charge in [-0.05, 0) is 57.2 Å². The predicted molar refractivity (Wildman–Crippen MR) is 91.6 cm³/mol. The number of hydrogen-bond acceptors (Lipinski definition) is 5. The first kappa shape index (κ1) is 17.3. The molecule has 25 heavy (non-hydrogen) atoms. The molecule has 1 heterocycles. The van der Waals surface area contributed by atoms with E-state index in [2.05, 4.69) is 11.4 Å². The number of nitrogens with one attached hydrogen (secondary N) is 1. The average molecular weight is 345 g/mol. The topological polar surface area (TPSA) is 73.9 Å². The van der Waals surface area contributed by atoms with Gasteiger partial charge in [-0.2, -0.15) is 0 Å². The molecule has 1 aromatic carbocycles. The second-order valence-electron chi connectivity index (χ2n) is 6.26. The monoisotopic (exact) mass is 345 g/mol. The summed E-state index contributed by atoms with van der Waals surface area (Å²) in [6.07, 6.45) is 7.00. The molecular weight excluding hydrogens is 322 g/mol. The molecule has 1 N–H and O–H groups in total. The van der Waals surface area contributed by atoms with Crippen molar-refractivity contribution in [2.45, 2.75) is 45.1 Å². The lowest BCUT2D eigenvalue weighted by Gasteiger charge is -2.15. The lowest BCUT2D eigenvalue weighted by Crippen LogP contribution is -2.36. The van der Waals surface area contributed by atoms with Crippen LogP contribution >= 0.6 is 0 Å². The molecule has 0 aromatic heterocycles. The first-order valence-electron chi connectivity index (χ1n) is 8.70. The number of carbonyl (C=O) groups excluding carboxylic acids is 2. The number of allylic oxidation sites excluding steroid dienone is 1. The molecule has 1 aliphatic carbocycles. The normalized spacial score (nSPS) is 16.8. The first-order chi connectivity index (χ1) is 12.1. The number of rotatable bonds is 6. The quantitative estimate of drug-likeness (QED) is 0.634. The molecule has 1 aliphatic heterocycles. The minimum absolute atomic E-state index is 0.142. The standard InChI is InChI=1S/C19H23NO5/c1-13(18(21)20-10-9-14-5-3-2-4-6-14)25-19(22)15-7-8-16-17(11-15)24-12-23-16/h5,7-8,11,13H,2-4,6,9-10,12H2,1H3,(H,20,21)/t13-/m0/s1. The summed E-state index contributed by atoms with van der Waals surface area (Å²) in [5.74, 6) is 0.258. The molecule has 6 nitrogen and oxygen atoms in total. The van der Waals surface area contributed by atoms with Gasteiger partial charge < -0.3 is 19.5 Å². The molecular formula is C19H23NO5. The minimum atomic E-state index is -0.849. The van der Waals surface area contributed by atoms with E-state index in [-0.39, 0.29) is 12.7 Å². The zero-order valence-electron chi connectivity index (χ0n) is 14.4. The Morgan fingerprint density at radius 2 is 2.08 bits per heavy atom. The van der Waals surface area contributed by atoms with E-state index >= 15 is 0 Å². The number of ether oxygens (including phenoxy) is 3. The molecule has 6 heteroatoms. The maximum Gasteiger partial charge on any atom is 0.339 e. The highest BCUT2D eigenvalue weighted by Crippen LogP contribution is 2.32. The molecule has 0 bridgehead atoms. The van der Waals surface area contributed by atoms with E-state index in [1.54, 1.807) is 25.1 Å². The molecule has 134 valence electrons. The van der Waals surface area contributed by atoms with Crippen LogP contribution in [0.15, 0.2) is 29.8 Å². The van der Waals surface area contributed by atoms with Gasteiger partial charge in [-0.1, -0.05) is 11.6 Å². The molecule has 0 saturated carbocycles. The fourth-order valence-corrected chi connectivity index (χ4v) is 2.93. The van der Waals surface area contributed by atoms with Crippen LogP contribution in [-0.2, 0) is 9.53 Å². The van der Waals surface area contributed by atoms with Gasteiger partial charge in [0.1, 0.15) is 0 Å². The molecule has 1 amide bonds. The summed E-state index contributed by atoms with van der Waals surface area (Å²) in [6.45, 7) is 2.28. The molecule has 2 aliphatic rings. The van der Waals surface area contributed by atoms with Crippen LogP contribution in [0.1, 0.15) is 49.4 Å². The predicted octanol–water partition coefficient (Wildman–Crippen LogP) is 2.97. The lowest BCUT2D eigenvalue weighted by molar-refractivity contribution is -0.129. The van der Waals surface area contributed by atoms with Crippen molar-refractivity contribution in [3.05, 3.63) is 35.4 Å². The molecule has 0 unspecified atom stereocenters. The molecule has 1 aromatic rings. The van der Waals surface area contributed by atoms with Gasteiger partial charge in [-0.25, -0.2) is 4.79 Å². The van der Waals surface area contributed by atoms with Gasteiger partial charge in [-0.3, -0.25) is 4.79 Å². The van der Waals surface area contributed by atoms with Crippen molar-refractivity contribution < 1.29 is 23.8 Å². The minimum Gasteiger partial charge on any atom is -0.454 e. The van der Waals surface area contributed by atoms with E-state index in [9.17, 15) is 9.59 Å². The number of fused-ring (bicyclic) bond motifs is 1. The van der Waals surface area contributed by atoms with Crippen LogP contribution in [0.4, 0.5) is 0 Å². The molecule has 0 radical (unpaired) electrons. The maximum atomic E-state index is 12.2. The molecule has 0 saturated heterocycles. The third-order valence-electron chi connectivity index (χ3n) is 4.39. The van der Waals surface area contributed by atoms with Gasteiger partial charge in [-0.15, -0.1) is 0 Å². The molecule has 1 atom stereocenters. The van der Waals surface area contributed by atoms with Gasteiger partial charge >= 0.3 is 5.97 Å². The van der Waals surface area contributed by atoms with Crippen LogP contribution in [0.25, 0.3) is 0 Å². The fraction of sp³-hybridized carbons (Fsp3) is 0.474. The van der Waals surface area contributed by atoms with E-state index in [1.165, 1.54) is 18.4 Å². The summed E-state index contributed by atoms with van der Waals surface area (Å²) in [6, 6.07) is 4.81. The Hall–Kier alpha value is -2.50. The highest BCUT2D eigenvalue weighted by atomic mass is 16.7. The second-order valence-corrected chi connectivity index (χ2v) is 6.26. The zero-order valence-corrected chi connectivity index (χ0v) is 14.4. The SMILES string of the molecule is C[C@H](OC(=O)c1ccc2c(c1)OCO2)C(=O)NCCC1=CCCCC1. The van der Waals surface area contributed by atoms with E-state index in [1.807, 2.05) is 0 Å². The number of esters is 1. The summed E-state index contributed by atoms with van der Waals surface area (Å²) < 4.78 is 15.7. The highest BCUT2D eigenvalue weighted by molar-refractivity contribution is 5.92. The Bertz CT molecular complexity index is 682. The largest absolute Gasteiger partial charge is 0.454 e. The van der Waals surface area contributed by atoms with Gasteiger partial charge in [0.05, 0.1) is 5.56 Å². The zero-order chi connectivity index (χ0) is 17.6. The van der Waals surface area contributed by atoms with E-state index < -0.39 is 12.1 Å². The van der Waals surface area contributed by atoms with Gasteiger partial charge in [0, 0.05) is 6.54 Å². The Kier molecular flexibility index (Phi) is 5.58. The number of amides is 1. The van der Waals surface area contributed by atoms with E-state index in [4.69, 9.17) is 14.2 Å². The van der Waals surface area contributed by atoms with E-state index in [0.717, 1.165) is 19.3 Å². The summed E-state index contributed by atoms with van der Waals surface area (Å²) in [7, 11) is 0. The van der Waals surface area contributed by atoms with Crippen LogP contribution in [0.3, 0.4) is 0 Å². The van der Waals surface area contributed by atoms with Crippen molar-refractivity contribution in [2.24, 2.45) is 0 Å². The Morgan fingerprint density at radius 3 is 2.88 bits per heavy atom. The van der Waals surface area contributed by atoms with Gasteiger partial charge in [0.25, 0.3) is 5.91 Å². The van der Waals surface area contributed by atoms with Crippen molar-refractivity contribution in [3.8, 4) is 11.5 Å². The van der Waals surface area contributed by atoms with Crippen molar-refractivity contribution in [3.63, 3.8) is 0 Å². The third-order valence-corrected chi connectivity index (χ3v) is 4.39. The fourth-order valence-electron chi connectivity index (χ4n) is 2.93. The summed E-state index contributed by atoms with van der Waals surface area (Å²) in [5.41, 5.74) is 1.73. The summed E-state index contributed by atoms with van der Waals surface area (Å²) in [5, 5.41) is 2.83. The van der Waals surface area contributed by atoms with Crippen LogP contribution in [-0.4, -0.2) is 31.3 Å². The Morgan fingerprint density at radius 1 is 1.24 bits per heavy atom. The smallest absolute Gasteiger partial charge is 0.339 e. The van der Waals surface area contributed by atoms with Crippen LogP contribution in [0.5, 0.6) is 11.5 Å². The van der Waals surface area contributed by atoms with Crippen LogP contribution in [0, 0.1) is 0 Å². The molecule has 0 spiro atoms. The summed E-state index contributed by atoms with van der Waals surface area (Å²) in [4.78, 5) is 24.3. The second kappa shape index (κ2) is 8.05. The average Bonchev–Trinajstić information content (AvgIpc) is 3.10. The van der Waals surface area contributed by atoms with Crippen molar-refractivity contribution >= 4 is 11.9 Å². The number of hydrogen-bond donors (Lipinski definition) is 1. The molecule has 3 rings (SSSR count). The van der Waals surface area contributed by atoms with Crippen LogP contribution < -0.4 is 14.8 Å². The van der Waals surface area contributed by atoms with Crippen LogP contribution in [0.2, 0.25) is 0 Å². The Labute approximate surface area is 147 Å². The lowest BCUT2D eigenvalue weighted by atomic mass is 9.97. The Balaban J connectivity index is 1.45.